The summed E-state index contributed by atoms with van der Waals surface area (Å²) in [5, 5.41) is 4.89. The van der Waals surface area contributed by atoms with Crippen molar-refractivity contribution in [3.63, 3.8) is 0 Å². The molecule has 0 aromatic heterocycles. The third kappa shape index (κ3) is 4.07. The van der Waals surface area contributed by atoms with Gasteiger partial charge in [0.1, 0.15) is 5.75 Å². The van der Waals surface area contributed by atoms with E-state index in [0.717, 1.165) is 0 Å². The number of rotatable bonds is 5. The van der Waals surface area contributed by atoms with E-state index >= 15 is 0 Å². The van der Waals surface area contributed by atoms with E-state index in [-0.39, 0.29) is 11.9 Å². The number of nitrogens with one attached hydrogen (secondary N) is 1. The zero-order chi connectivity index (χ0) is 12.8. The molecule has 1 amide bonds. The van der Waals surface area contributed by atoms with Crippen LogP contribution in [0.3, 0.4) is 0 Å². The molecule has 0 aliphatic carbocycles. The maximum Gasteiger partial charge on any atom is 0.282 e. The lowest BCUT2D eigenvalue weighted by Crippen LogP contribution is -2.95. The first kappa shape index (κ1) is 13.5. The average Bonchev–Trinajstić information content (AvgIpc) is 2.28. The van der Waals surface area contributed by atoms with E-state index in [1.54, 1.807) is 7.11 Å². The topological polar surface area (TPSA) is 54.9 Å². The van der Waals surface area contributed by atoms with Crippen LogP contribution in [-0.4, -0.2) is 25.1 Å². The van der Waals surface area contributed by atoms with Gasteiger partial charge in [-0.15, -0.1) is 0 Å². The number of anilines is 1. The maximum absolute atomic E-state index is 11.9. The molecule has 0 unspecified atom stereocenters. The van der Waals surface area contributed by atoms with Crippen LogP contribution in [0.1, 0.15) is 20.8 Å². The summed E-state index contributed by atoms with van der Waals surface area (Å²) in [7, 11) is 1.59. The van der Waals surface area contributed by atoms with Crippen molar-refractivity contribution >= 4 is 11.6 Å². The standard InChI is InChI=1S/C13H20N2O2/c1-9(2)14-10(3)13(16)15-11-7-5-6-8-12(11)17-4/h5-10,14H,1-4H3,(H,15,16)/p+1/t10-/m1/s1. The summed E-state index contributed by atoms with van der Waals surface area (Å²) in [4.78, 5) is 11.9. The third-order valence-corrected chi connectivity index (χ3v) is 2.45. The average molecular weight is 237 g/mol. The van der Waals surface area contributed by atoms with Crippen molar-refractivity contribution in [3.05, 3.63) is 24.3 Å². The van der Waals surface area contributed by atoms with Crippen LogP contribution in [0.25, 0.3) is 0 Å². The van der Waals surface area contributed by atoms with E-state index in [0.29, 0.717) is 17.5 Å². The Morgan fingerprint density at radius 2 is 1.94 bits per heavy atom. The molecule has 1 rings (SSSR count). The highest BCUT2D eigenvalue weighted by Gasteiger charge is 2.18. The maximum atomic E-state index is 11.9. The normalized spacial score (nSPS) is 12.3. The van der Waals surface area contributed by atoms with Crippen LogP contribution in [-0.2, 0) is 4.79 Å². The van der Waals surface area contributed by atoms with E-state index < -0.39 is 0 Å². The molecule has 0 heterocycles. The lowest BCUT2D eigenvalue weighted by atomic mass is 10.2. The molecule has 1 atom stereocenters. The van der Waals surface area contributed by atoms with Gasteiger partial charge in [0.05, 0.1) is 18.8 Å². The number of carbonyl (C=O) groups excluding carboxylic acids is 1. The van der Waals surface area contributed by atoms with Crippen LogP contribution < -0.4 is 15.4 Å². The van der Waals surface area contributed by atoms with Gasteiger partial charge < -0.3 is 15.4 Å². The fourth-order valence-electron chi connectivity index (χ4n) is 1.66. The van der Waals surface area contributed by atoms with Crippen LogP contribution in [0, 0.1) is 0 Å². The summed E-state index contributed by atoms with van der Waals surface area (Å²) < 4.78 is 5.18. The number of methoxy groups -OCH3 is 1. The Morgan fingerprint density at radius 3 is 2.53 bits per heavy atom. The molecule has 0 bridgehead atoms. The minimum atomic E-state index is -0.111. The number of nitrogens with two attached hydrogens (primary N) is 1. The van der Waals surface area contributed by atoms with Gasteiger partial charge in [-0.25, -0.2) is 0 Å². The van der Waals surface area contributed by atoms with Gasteiger partial charge in [-0.2, -0.15) is 0 Å². The summed E-state index contributed by atoms with van der Waals surface area (Å²) in [6.07, 6.45) is 0. The van der Waals surface area contributed by atoms with Crippen molar-refractivity contribution in [2.24, 2.45) is 0 Å². The quantitative estimate of drug-likeness (QED) is 0.802. The Morgan fingerprint density at radius 1 is 1.29 bits per heavy atom. The summed E-state index contributed by atoms with van der Waals surface area (Å²) >= 11 is 0. The van der Waals surface area contributed by atoms with Crippen molar-refractivity contribution in [3.8, 4) is 5.75 Å². The zero-order valence-electron chi connectivity index (χ0n) is 10.9. The number of hydrogen-bond acceptors (Lipinski definition) is 2. The van der Waals surface area contributed by atoms with Crippen molar-refractivity contribution in [2.75, 3.05) is 12.4 Å². The SMILES string of the molecule is COc1ccccc1NC(=O)[C@@H](C)[NH2+]C(C)C. The molecular formula is C13H21N2O2+. The number of carbonyl (C=O) groups is 1. The first-order valence-electron chi connectivity index (χ1n) is 5.83. The van der Waals surface area contributed by atoms with Gasteiger partial charge in [0, 0.05) is 0 Å². The highest BCUT2D eigenvalue weighted by atomic mass is 16.5. The largest absolute Gasteiger partial charge is 0.495 e. The van der Waals surface area contributed by atoms with Gasteiger partial charge in [-0.05, 0) is 32.9 Å². The van der Waals surface area contributed by atoms with Crippen molar-refractivity contribution < 1.29 is 14.8 Å². The Balaban J connectivity index is 2.67. The minimum Gasteiger partial charge on any atom is -0.495 e. The predicted octanol–water partition coefficient (Wildman–Crippen LogP) is 0.994. The molecule has 17 heavy (non-hydrogen) atoms. The summed E-state index contributed by atoms with van der Waals surface area (Å²) in [6.45, 7) is 6.02. The molecule has 3 N–H and O–H groups in total. The first-order valence-corrected chi connectivity index (χ1v) is 5.83. The van der Waals surface area contributed by atoms with Gasteiger partial charge in [-0.1, -0.05) is 12.1 Å². The number of amides is 1. The number of benzene rings is 1. The second-order valence-corrected chi connectivity index (χ2v) is 4.41. The monoisotopic (exact) mass is 237 g/mol. The summed E-state index contributed by atoms with van der Waals surface area (Å²) in [5.41, 5.74) is 0.712. The van der Waals surface area contributed by atoms with Crippen LogP contribution in [0.2, 0.25) is 0 Å². The molecule has 1 aromatic rings. The van der Waals surface area contributed by atoms with Gasteiger partial charge >= 0.3 is 0 Å². The van der Waals surface area contributed by atoms with Crippen molar-refractivity contribution in [1.82, 2.24) is 0 Å². The smallest absolute Gasteiger partial charge is 0.282 e. The molecule has 0 aliphatic rings. The molecular weight excluding hydrogens is 216 g/mol. The molecule has 0 saturated carbocycles. The second-order valence-electron chi connectivity index (χ2n) is 4.41. The van der Waals surface area contributed by atoms with Gasteiger partial charge in [0.25, 0.3) is 5.91 Å². The lowest BCUT2D eigenvalue weighted by Gasteiger charge is -2.15. The molecule has 4 heteroatoms. The zero-order valence-corrected chi connectivity index (χ0v) is 10.9. The van der Waals surface area contributed by atoms with Crippen molar-refractivity contribution in [1.29, 1.82) is 0 Å². The highest BCUT2D eigenvalue weighted by Crippen LogP contribution is 2.22. The van der Waals surface area contributed by atoms with Crippen molar-refractivity contribution in [2.45, 2.75) is 32.9 Å². The molecule has 0 spiro atoms. The third-order valence-electron chi connectivity index (χ3n) is 2.45. The molecule has 0 fully saturated rings. The number of quaternary nitrogens is 1. The van der Waals surface area contributed by atoms with E-state index in [4.69, 9.17) is 4.74 Å². The van der Waals surface area contributed by atoms with E-state index in [9.17, 15) is 4.79 Å². The van der Waals surface area contributed by atoms with Crippen LogP contribution in [0.4, 0.5) is 5.69 Å². The molecule has 94 valence electrons. The summed E-state index contributed by atoms with van der Waals surface area (Å²) in [6, 6.07) is 7.69. The van der Waals surface area contributed by atoms with Crippen LogP contribution in [0.15, 0.2) is 24.3 Å². The van der Waals surface area contributed by atoms with E-state index in [2.05, 4.69) is 19.2 Å². The highest BCUT2D eigenvalue weighted by molar-refractivity contribution is 5.94. The summed E-state index contributed by atoms with van der Waals surface area (Å²) in [5.74, 6) is 0.667. The van der Waals surface area contributed by atoms with Crippen LogP contribution in [0.5, 0.6) is 5.75 Å². The van der Waals surface area contributed by atoms with Crippen LogP contribution >= 0.6 is 0 Å². The molecule has 0 radical (unpaired) electrons. The molecule has 1 aromatic carbocycles. The fraction of sp³-hybridized carbons (Fsp3) is 0.462. The Labute approximate surface area is 102 Å². The predicted molar refractivity (Wildman–Crippen MR) is 68.1 cm³/mol. The van der Waals surface area contributed by atoms with E-state index in [1.165, 1.54) is 0 Å². The Bertz CT molecular complexity index is 377. The second kappa shape index (κ2) is 6.25. The molecule has 0 saturated heterocycles. The number of para-hydroxylation sites is 2. The van der Waals surface area contributed by atoms with Gasteiger partial charge in [0.15, 0.2) is 6.04 Å². The van der Waals surface area contributed by atoms with E-state index in [1.807, 2.05) is 36.5 Å². The first-order chi connectivity index (χ1) is 8.04. The van der Waals surface area contributed by atoms with Gasteiger partial charge in [-0.3, -0.25) is 4.79 Å². The molecule has 4 nitrogen and oxygen atoms in total. The minimum absolute atomic E-state index is 0.0109. The Kier molecular flexibility index (Phi) is 4.97. The Hall–Kier alpha value is -1.55. The lowest BCUT2D eigenvalue weighted by molar-refractivity contribution is -0.700. The molecule has 0 aliphatic heterocycles. The number of hydrogen-bond donors (Lipinski definition) is 2. The number of ether oxygens (including phenoxy) is 1. The van der Waals surface area contributed by atoms with Gasteiger partial charge in [0.2, 0.25) is 0 Å². The fourth-order valence-corrected chi connectivity index (χ4v) is 1.66.